The lowest BCUT2D eigenvalue weighted by molar-refractivity contribution is -0.120. The quantitative estimate of drug-likeness (QED) is 0.636. The molecule has 0 radical (unpaired) electrons. The van der Waals surface area contributed by atoms with Crippen LogP contribution >= 0.6 is 0 Å². The van der Waals surface area contributed by atoms with Gasteiger partial charge in [0.25, 0.3) is 0 Å². The third-order valence-corrected chi connectivity index (χ3v) is 2.25. The number of amides is 1. The van der Waals surface area contributed by atoms with E-state index in [0.717, 1.165) is 13.0 Å². The smallest absolute Gasteiger partial charge is 0.233 e. The van der Waals surface area contributed by atoms with Crippen LogP contribution in [0.25, 0.3) is 0 Å². The number of rotatable bonds is 5. The van der Waals surface area contributed by atoms with E-state index in [0.29, 0.717) is 6.54 Å². The van der Waals surface area contributed by atoms with Gasteiger partial charge < -0.3 is 10.6 Å². The molecule has 0 aromatic rings. The van der Waals surface area contributed by atoms with Crippen molar-refractivity contribution in [1.29, 1.82) is 0 Å². The largest absolute Gasteiger partial charge is 0.355 e. The van der Waals surface area contributed by atoms with Gasteiger partial charge in [-0.1, -0.05) is 6.92 Å². The molecule has 0 saturated heterocycles. The van der Waals surface area contributed by atoms with Gasteiger partial charge in [-0.3, -0.25) is 4.79 Å². The zero-order valence-corrected chi connectivity index (χ0v) is 7.94. The summed E-state index contributed by atoms with van der Waals surface area (Å²) in [5, 5.41) is 6.06. The van der Waals surface area contributed by atoms with Crippen molar-refractivity contribution in [3.8, 4) is 0 Å². The standard InChI is InChI=1S/C9H18N2O/c1-3-6-10-8(12)7-11-9(2)4-5-9/h11H,3-7H2,1-2H3,(H,10,12). The summed E-state index contributed by atoms with van der Waals surface area (Å²) in [6.07, 6.45) is 3.41. The third kappa shape index (κ3) is 3.22. The molecular formula is C9H18N2O. The molecule has 0 aliphatic heterocycles. The maximum absolute atomic E-state index is 11.1. The molecule has 0 bridgehead atoms. The predicted octanol–water partition coefficient (Wildman–Crippen LogP) is 0.655. The zero-order valence-electron chi connectivity index (χ0n) is 7.94. The summed E-state index contributed by atoms with van der Waals surface area (Å²) in [5.41, 5.74) is 0.267. The fraction of sp³-hybridized carbons (Fsp3) is 0.889. The molecule has 3 heteroatoms. The minimum Gasteiger partial charge on any atom is -0.355 e. The van der Waals surface area contributed by atoms with Gasteiger partial charge in [0.2, 0.25) is 5.91 Å². The Bertz CT molecular complexity index is 164. The van der Waals surface area contributed by atoms with Crippen LogP contribution < -0.4 is 10.6 Å². The molecule has 1 aliphatic rings. The Morgan fingerprint density at radius 1 is 1.50 bits per heavy atom. The molecule has 70 valence electrons. The van der Waals surface area contributed by atoms with E-state index in [4.69, 9.17) is 0 Å². The van der Waals surface area contributed by atoms with Crippen LogP contribution in [-0.2, 0) is 4.79 Å². The topological polar surface area (TPSA) is 41.1 Å². The second-order valence-corrected chi connectivity index (χ2v) is 3.76. The lowest BCUT2D eigenvalue weighted by Gasteiger charge is -2.10. The summed E-state index contributed by atoms with van der Waals surface area (Å²) in [4.78, 5) is 11.1. The van der Waals surface area contributed by atoms with E-state index in [1.54, 1.807) is 0 Å². The molecule has 1 saturated carbocycles. The van der Waals surface area contributed by atoms with Crippen molar-refractivity contribution in [2.45, 2.75) is 38.6 Å². The SMILES string of the molecule is CCCNC(=O)CNC1(C)CC1. The van der Waals surface area contributed by atoms with Crippen LogP contribution in [0.15, 0.2) is 0 Å². The van der Waals surface area contributed by atoms with Gasteiger partial charge in [-0.25, -0.2) is 0 Å². The van der Waals surface area contributed by atoms with Crippen molar-refractivity contribution < 1.29 is 4.79 Å². The number of carbonyl (C=O) groups is 1. The highest BCUT2D eigenvalue weighted by molar-refractivity contribution is 5.78. The van der Waals surface area contributed by atoms with Gasteiger partial charge in [0.05, 0.1) is 6.54 Å². The van der Waals surface area contributed by atoms with E-state index in [9.17, 15) is 4.79 Å². The molecule has 0 atom stereocenters. The van der Waals surface area contributed by atoms with Gasteiger partial charge in [0, 0.05) is 12.1 Å². The van der Waals surface area contributed by atoms with Gasteiger partial charge in [0.1, 0.15) is 0 Å². The molecule has 0 unspecified atom stereocenters. The van der Waals surface area contributed by atoms with Gasteiger partial charge in [-0.05, 0) is 26.2 Å². The van der Waals surface area contributed by atoms with Crippen LogP contribution in [0.4, 0.5) is 0 Å². The maximum Gasteiger partial charge on any atom is 0.233 e. The Balaban J connectivity index is 2.02. The molecule has 1 aliphatic carbocycles. The van der Waals surface area contributed by atoms with Crippen molar-refractivity contribution >= 4 is 5.91 Å². The number of nitrogens with one attached hydrogen (secondary N) is 2. The Hall–Kier alpha value is -0.570. The highest BCUT2D eigenvalue weighted by atomic mass is 16.1. The van der Waals surface area contributed by atoms with Crippen molar-refractivity contribution in [3.05, 3.63) is 0 Å². The first kappa shape index (κ1) is 9.52. The summed E-state index contributed by atoms with van der Waals surface area (Å²) in [6, 6.07) is 0. The van der Waals surface area contributed by atoms with Crippen LogP contribution in [0.3, 0.4) is 0 Å². The molecule has 2 N–H and O–H groups in total. The first-order valence-electron chi connectivity index (χ1n) is 4.68. The minimum atomic E-state index is 0.116. The van der Waals surface area contributed by atoms with Gasteiger partial charge in [-0.2, -0.15) is 0 Å². The first-order chi connectivity index (χ1) is 5.66. The van der Waals surface area contributed by atoms with E-state index in [1.807, 2.05) is 0 Å². The first-order valence-corrected chi connectivity index (χ1v) is 4.68. The lowest BCUT2D eigenvalue weighted by atomic mass is 10.3. The number of carbonyl (C=O) groups excluding carboxylic acids is 1. The molecule has 1 rings (SSSR count). The molecule has 0 heterocycles. The van der Waals surface area contributed by atoms with Gasteiger partial charge >= 0.3 is 0 Å². The Morgan fingerprint density at radius 2 is 2.17 bits per heavy atom. The fourth-order valence-electron chi connectivity index (χ4n) is 0.985. The zero-order chi connectivity index (χ0) is 9.03. The fourth-order valence-corrected chi connectivity index (χ4v) is 0.985. The van der Waals surface area contributed by atoms with Crippen LogP contribution in [0.1, 0.15) is 33.1 Å². The van der Waals surface area contributed by atoms with Crippen molar-refractivity contribution in [2.75, 3.05) is 13.1 Å². The average Bonchev–Trinajstić information content (AvgIpc) is 2.77. The summed E-state index contributed by atoms with van der Waals surface area (Å²) < 4.78 is 0. The summed E-state index contributed by atoms with van der Waals surface area (Å²) in [6.45, 7) is 5.46. The van der Waals surface area contributed by atoms with Crippen molar-refractivity contribution in [3.63, 3.8) is 0 Å². The Kier molecular flexibility index (Phi) is 3.09. The molecule has 0 spiro atoms. The maximum atomic E-state index is 11.1. The second kappa shape index (κ2) is 3.90. The molecule has 0 aromatic heterocycles. The van der Waals surface area contributed by atoms with Gasteiger partial charge in [-0.15, -0.1) is 0 Å². The second-order valence-electron chi connectivity index (χ2n) is 3.76. The molecule has 1 fully saturated rings. The third-order valence-electron chi connectivity index (χ3n) is 2.25. The monoisotopic (exact) mass is 170 g/mol. The van der Waals surface area contributed by atoms with E-state index in [-0.39, 0.29) is 11.4 Å². The Labute approximate surface area is 73.9 Å². The van der Waals surface area contributed by atoms with E-state index in [2.05, 4.69) is 24.5 Å². The Morgan fingerprint density at radius 3 is 2.67 bits per heavy atom. The minimum absolute atomic E-state index is 0.116. The summed E-state index contributed by atoms with van der Waals surface area (Å²) >= 11 is 0. The van der Waals surface area contributed by atoms with Gasteiger partial charge in [0.15, 0.2) is 0 Å². The van der Waals surface area contributed by atoms with Crippen LogP contribution in [0, 0.1) is 0 Å². The molecule has 3 nitrogen and oxygen atoms in total. The van der Waals surface area contributed by atoms with Crippen molar-refractivity contribution in [1.82, 2.24) is 10.6 Å². The highest BCUT2D eigenvalue weighted by Crippen LogP contribution is 2.33. The molecule has 12 heavy (non-hydrogen) atoms. The molecule has 0 aromatic carbocycles. The van der Waals surface area contributed by atoms with Crippen LogP contribution in [-0.4, -0.2) is 24.5 Å². The van der Waals surface area contributed by atoms with Crippen LogP contribution in [0.2, 0.25) is 0 Å². The molecular weight excluding hydrogens is 152 g/mol. The number of hydrogen-bond donors (Lipinski definition) is 2. The van der Waals surface area contributed by atoms with E-state index >= 15 is 0 Å². The van der Waals surface area contributed by atoms with E-state index < -0.39 is 0 Å². The number of hydrogen-bond acceptors (Lipinski definition) is 2. The highest BCUT2D eigenvalue weighted by Gasteiger charge is 2.36. The summed E-state index contributed by atoms with van der Waals surface area (Å²) in [5.74, 6) is 0.116. The lowest BCUT2D eigenvalue weighted by Crippen LogP contribution is -2.39. The molecule has 1 amide bonds. The summed E-state index contributed by atoms with van der Waals surface area (Å²) in [7, 11) is 0. The average molecular weight is 170 g/mol. The van der Waals surface area contributed by atoms with Crippen LogP contribution in [0.5, 0.6) is 0 Å². The predicted molar refractivity (Wildman–Crippen MR) is 48.9 cm³/mol. The van der Waals surface area contributed by atoms with E-state index in [1.165, 1.54) is 12.8 Å². The van der Waals surface area contributed by atoms with Crippen molar-refractivity contribution in [2.24, 2.45) is 0 Å². The normalized spacial score (nSPS) is 18.8.